The van der Waals surface area contributed by atoms with Crippen LogP contribution in [-0.4, -0.2) is 24.7 Å². The van der Waals surface area contributed by atoms with Crippen LogP contribution in [-0.2, 0) is 7.05 Å². The SMILES string of the molecule is Cc1nnc(-c2ccncn2)n1C. The highest BCUT2D eigenvalue weighted by Gasteiger charge is 2.07. The Balaban J connectivity index is 2.53. The Morgan fingerprint density at radius 2 is 2.15 bits per heavy atom. The van der Waals surface area contributed by atoms with Gasteiger partial charge in [-0.25, -0.2) is 9.97 Å². The summed E-state index contributed by atoms with van der Waals surface area (Å²) in [6, 6.07) is 1.81. The Kier molecular flexibility index (Phi) is 1.77. The lowest BCUT2D eigenvalue weighted by molar-refractivity contribution is 0.861. The fourth-order valence-corrected chi connectivity index (χ4v) is 1.05. The summed E-state index contributed by atoms with van der Waals surface area (Å²) in [6.45, 7) is 1.90. The fraction of sp³-hybridized carbons (Fsp3) is 0.250. The molecule has 5 nitrogen and oxygen atoms in total. The molecule has 0 aliphatic heterocycles. The van der Waals surface area contributed by atoms with E-state index in [2.05, 4.69) is 20.2 Å². The molecule has 66 valence electrons. The molecule has 0 fully saturated rings. The fourth-order valence-electron chi connectivity index (χ4n) is 1.05. The van der Waals surface area contributed by atoms with E-state index in [0.29, 0.717) is 0 Å². The molecule has 0 N–H and O–H groups in total. The first-order valence-corrected chi connectivity index (χ1v) is 3.91. The van der Waals surface area contributed by atoms with E-state index >= 15 is 0 Å². The molecular weight excluding hydrogens is 166 g/mol. The zero-order valence-corrected chi connectivity index (χ0v) is 7.47. The van der Waals surface area contributed by atoms with Crippen molar-refractivity contribution in [2.45, 2.75) is 6.92 Å². The lowest BCUT2D eigenvalue weighted by Crippen LogP contribution is -1.96. The van der Waals surface area contributed by atoms with Gasteiger partial charge in [-0.2, -0.15) is 0 Å². The molecule has 2 heterocycles. The standard InChI is InChI=1S/C8H9N5/c1-6-11-12-8(13(6)2)7-3-4-9-5-10-7/h3-5H,1-2H3. The van der Waals surface area contributed by atoms with Gasteiger partial charge >= 0.3 is 0 Å². The third kappa shape index (κ3) is 1.28. The Hall–Kier alpha value is -1.78. The van der Waals surface area contributed by atoms with E-state index in [1.807, 2.05) is 24.6 Å². The number of rotatable bonds is 1. The summed E-state index contributed by atoms with van der Waals surface area (Å²) in [5.74, 6) is 1.63. The highest BCUT2D eigenvalue weighted by atomic mass is 15.3. The summed E-state index contributed by atoms with van der Waals surface area (Å²) in [4.78, 5) is 7.93. The predicted molar refractivity (Wildman–Crippen MR) is 46.8 cm³/mol. The molecule has 0 aliphatic carbocycles. The molecule has 0 unspecified atom stereocenters. The van der Waals surface area contributed by atoms with Crippen molar-refractivity contribution in [3.63, 3.8) is 0 Å². The summed E-state index contributed by atoms with van der Waals surface area (Å²) >= 11 is 0. The number of nitrogens with zero attached hydrogens (tertiary/aromatic N) is 5. The van der Waals surface area contributed by atoms with Gasteiger partial charge < -0.3 is 4.57 Å². The van der Waals surface area contributed by atoms with Gasteiger partial charge in [-0.3, -0.25) is 0 Å². The summed E-state index contributed by atoms with van der Waals surface area (Å²) in [6.07, 6.45) is 3.19. The minimum atomic E-state index is 0.764. The average molecular weight is 175 g/mol. The first-order valence-electron chi connectivity index (χ1n) is 3.91. The van der Waals surface area contributed by atoms with Crippen molar-refractivity contribution in [3.05, 3.63) is 24.4 Å². The van der Waals surface area contributed by atoms with E-state index in [-0.39, 0.29) is 0 Å². The van der Waals surface area contributed by atoms with Gasteiger partial charge in [-0.15, -0.1) is 10.2 Å². The molecule has 5 heteroatoms. The van der Waals surface area contributed by atoms with Crippen LogP contribution in [0, 0.1) is 6.92 Å². The van der Waals surface area contributed by atoms with Crippen molar-refractivity contribution in [1.82, 2.24) is 24.7 Å². The lowest BCUT2D eigenvalue weighted by atomic mass is 10.4. The minimum Gasteiger partial charge on any atom is -0.313 e. The van der Waals surface area contributed by atoms with Crippen LogP contribution in [0.25, 0.3) is 11.5 Å². The Labute approximate surface area is 75.5 Å². The molecule has 0 saturated heterocycles. The van der Waals surface area contributed by atoms with Crippen molar-refractivity contribution in [2.24, 2.45) is 7.05 Å². The summed E-state index contributed by atoms with van der Waals surface area (Å²) in [7, 11) is 1.91. The smallest absolute Gasteiger partial charge is 0.182 e. The summed E-state index contributed by atoms with van der Waals surface area (Å²) in [5, 5.41) is 7.95. The van der Waals surface area contributed by atoms with Crippen LogP contribution in [0.3, 0.4) is 0 Å². The van der Waals surface area contributed by atoms with Crippen LogP contribution in [0.1, 0.15) is 5.82 Å². The van der Waals surface area contributed by atoms with E-state index in [9.17, 15) is 0 Å². The maximum absolute atomic E-state index is 4.09. The van der Waals surface area contributed by atoms with Gasteiger partial charge in [0.25, 0.3) is 0 Å². The molecular formula is C8H9N5. The van der Waals surface area contributed by atoms with Crippen LogP contribution >= 0.6 is 0 Å². The highest BCUT2D eigenvalue weighted by molar-refractivity contribution is 5.47. The third-order valence-corrected chi connectivity index (χ3v) is 1.90. The van der Waals surface area contributed by atoms with Crippen LogP contribution in [0.15, 0.2) is 18.6 Å². The normalized spacial score (nSPS) is 10.3. The average Bonchev–Trinajstić information content (AvgIpc) is 2.49. The van der Waals surface area contributed by atoms with Crippen LogP contribution in [0.5, 0.6) is 0 Å². The molecule has 0 aliphatic rings. The molecule has 0 saturated carbocycles. The van der Waals surface area contributed by atoms with Crippen molar-refractivity contribution in [1.29, 1.82) is 0 Å². The number of aryl methyl sites for hydroxylation is 1. The van der Waals surface area contributed by atoms with Gasteiger partial charge in [0, 0.05) is 13.2 Å². The van der Waals surface area contributed by atoms with Gasteiger partial charge in [-0.1, -0.05) is 0 Å². The molecule has 0 bridgehead atoms. The zero-order chi connectivity index (χ0) is 9.26. The number of hydrogen-bond acceptors (Lipinski definition) is 4. The molecule has 0 atom stereocenters. The van der Waals surface area contributed by atoms with E-state index in [1.165, 1.54) is 6.33 Å². The van der Waals surface area contributed by atoms with Gasteiger partial charge in [0.15, 0.2) is 5.82 Å². The predicted octanol–water partition coefficient (Wildman–Crippen LogP) is 0.581. The van der Waals surface area contributed by atoms with Gasteiger partial charge in [0.05, 0.1) is 0 Å². The van der Waals surface area contributed by atoms with Crippen molar-refractivity contribution in [2.75, 3.05) is 0 Å². The van der Waals surface area contributed by atoms with E-state index in [4.69, 9.17) is 0 Å². The zero-order valence-electron chi connectivity index (χ0n) is 7.47. The quantitative estimate of drug-likeness (QED) is 0.636. The van der Waals surface area contributed by atoms with Crippen molar-refractivity contribution in [3.8, 4) is 11.5 Å². The van der Waals surface area contributed by atoms with Crippen LogP contribution < -0.4 is 0 Å². The van der Waals surface area contributed by atoms with Gasteiger partial charge in [-0.05, 0) is 13.0 Å². The third-order valence-electron chi connectivity index (χ3n) is 1.90. The number of hydrogen-bond donors (Lipinski definition) is 0. The first-order chi connectivity index (χ1) is 6.29. The first kappa shape index (κ1) is 7.85. The molecule has 2 aromatic heterocycles. The largest absolute Gasteiger partial charge is 0.313 e. The lowest BCUT2D eigenvalue weighted by Gasteiger charge is -1.98. The molecule has 0 amide bonds. The van der Waals surface area contributed by atoms with Gasteiger partial charge in [0.1, 0.15) is 17.8 Å². The Morgan fingerprint density at radius 1 is 1.31 bits per heavy atom. The van der Waals surface area contributed by atoms with Crippen molar-refractivity contribution < 1.29 is 0 Å². The molecule has 2 aromatic rings. The molecule has 0 spiro atoms. The van der Waals surface area contributed by atoms with Crippen LogP contribution in [0.4, 0.5) is 0 Å². The van der Waals surface area contributed by atoms with E-state index < -0.39 is 0 Å². The van der Waals surface area contributed by atoms with E-state index in [0.717, 1.165) is 17.3 Å². The Bertz CT molecular complexity index is 406. The minimum absolute atomic E-state index is 0.764. The summed E-state index contributed by atoms with van der Waals surface area (Å²) < 4.78 is 1.89. The topological polar surface area (TPSA) is 56.5 Å². The Morgan fingerprint density at radius 3 is 2.69 bits per heavy atom. The second kappa shape index (κ2) is 2.93. The van der Waals surface area contributed by atoms with Gasteiger partial charge in [0.2, 0.25) is 0 Å². The molecule has 0 radical (unpaired) electrons. The second-order valence-electron chi connectivity index (χ2n) is 2.72. The highest BCUT2D eigenvalue weighted by Crippen LogP contribution is 2.11. The van der Waals surface area contributed by atoms with Crippen LogP contribution in [0.2, 0.25) is 0 Å². The molecule has 13 heavy (non-hydrogen) atoms. The number of aromatic nitrogens is 5. The maximum Gasteiger partial charge on any atom is 0.182 e. The second-order valence-corrected chi connectivity index (χ2v) is 2.72. The molecule has 0 aromatic carbocycles. The van der Waals surface area contributed by atoms with E-state index in [1.54, 1.807) is 6.20 Å². The molecule has 2 rings (SSSR count). The monoisotopic (exact) mass is 175 g/mol. The maximum atomic E-state index is 4.09. The van der Waals surface area contributed by atoms with Crippen molar-refractivity contribution >= 4 is 0 Å². The summed E-state index contributed by atoms with van der Waals surface area (Å²) in [5.41, 5.74) is 0.790.